The van der Waals surface area contributed by atoms with E-state index in [2.05, 4.69) is 15.5 Å². The maximum Gasteiger partial charge on any atom is 0.416 e. The molecule has 0 aliphatic heterocycles. The fraction of sp³-hybridized carbons (Fsp3) is 0.133. The van der Waals surface area contributed by atoms with Crippen molar-refractivity contribution in [1.82, 2.24) is 14.8 Å². The van der Waals surface area contributed by atoms with E-state index in [-0.39, 0.29) is 0 Å². The lowest BCUT2D eigenvalue weighted by molar-refractivity contribution is -0.137. The van der Waals surface area contributed by atoms with E-state index in [9.17, 15) is 18.0 Å². The predicted molar refractivity (Wildman–Crippen MR) is 84.3 cm³/mol. The van der Waals surface area contributed by atoms with Crippen molar-refractivity contribution >= 4 is 28.4 Å². The Kier molecular flexibility index (Phi) is 4.10. The fourth-order valence-electron chi connectivity index (χ4n) is 2.14. The average Bonchev–Trinajstić information content (AvgIpc) is 3.06. The first-order chi connectivity index (χ1) is 11.4. The smallest absolute Gasteiger partial charge is 0.286 e. The summed E-state index contributed by atoms with van der Waals surface area (Å²) in [4.78, 5) is 17.1. The Morgan fingerprint density at radius 3 is 2.71 bits per heavy atom. The molecule has 1 amide bonds. The maximum absolute atomic E-state index is 12.5. The van der Waals surface area contributed by atoms with E-state index in [0.29, 0.717) is 21.9 Å². The molecule has 3 rings (SSSR count). The highest BCUT2D eigenvalue weighted by atomic mass is 32.1. The minimum absolute atomic E-state index is 0.371. The molecule has 24 heavy (non-hydrogen) atoms. The molecule has 0 saturated carbocycles. The average molecular weight is 352 g/mol. The number of nitrogens with one attached hydrogen (secondary N) is 1. The van der Waals surface area contributed by atoms with Crippen molar-refractivity contribution in [3.05, 3.63) is 58.4 Å². The highest BCUT2D eigenvalue weighted by Crippen LogP contribution is 2.28. The van der Waals surface area contributed by atoms with Gasteiger partial charge in [0.1, 0.15) is 5.69 Å². The number of benzene rings is 1. The zero-order valence-corrected chi connectivity index (χ0v) is 13.1. The Hall–Kier alpha value is -2.68. The number of fused-ring (bicyclic) bond motifs is 1. The van der Waals surface area contributed by atoms with Crippen LogP contribution in [0.5, 0.6) is 0 Å². The summed E-state index contributed by atoms with van der Waals surface area (Å²) in [6.45, 7) is 1.72. The first kappa shape index (κ1) is 16.2. The van der Waals surface area contributed by atoms with Crippen LogP contribution in [0.15, 0.2) is 40.9 Å². The molecule has 0 atom stereocenters. The number of amides is 1. The molecule has 3 aromatic rings. The van der Waals surface area contributed by atoms with Crippen LogP contribution < -0.4 is 5.43 Å². The first-order valence-corrected chi connectivity index (χ1v) is 7.67. The number of aryl methyl sites for hydroxylation is 1. The van der Waals surface area contributed by atoms with Gasteiger partial charge in [0.15, 0.2) is 4.96 Å². The van der Waals surface area contributed by atoms with Crippen LogP contribution in [0.1, 0.15) is 27.3 Å². The Labute approximate surface area is 138 Å². The Bertz CT molecular complexity index is 909. The fourth-order valence-corrected chi connectivity index (χ4v) is 2.90. The summed E-state index contributed by atoms with van der Waals surface area (Å²) in [5.74, 6) is -0.443. The van der Waals surface area contributed by atoms with Crippen molar-refractivity contribution in [3.63, 3.8) is 0 Å². The second kappa shape index (κ2) is 6.08. The third-order valence-electron chi connectivity index (χ3n) is 3.27. The summed E-state index contributed by atoms with van der Waals surface area (Å²) < 4.78 is 39.1. The van der Waals surface area contributed by atoms with Crippen molar-refractivity contribution in [2.45, 2.75) is 13.1 Å². The second-order valence-electron chi connectivity index (χ2n) is 4.92. The summed E-state index contributed by atoms with van der Waals surface area (Å²) >= 11 is 1.41. The van der Waals surface area contributed by atoms with Crippen LogP contribution >= 0.6 is 11.3 Å². The van der Waals surface area contributed by atoms with E-state index < -0.39 is 17.6 Å². The standard InChI is InChI=1S/C15H11F3N4OS/c1-9-12(22-6-7-24-14(22)20-9)13(23)21-19-8-10-2-4-11(5-3-10)15(16,17)18/h2-8H,1H3,(H,21,23)/b19-8+. The van der Waals surface area contributed by atoms with E-state index in [0.717, 1.165) is 12.1 Å². The number of hydrazone groups is 1. The zero-order chi connectivity index (χ0) is 17.3. The SMILES string of the molecule is Cc1nc2sccn2c1C(=O)N/N=C/c1ccc(C(F)(F)F)cc1. The molecule has 0 radical (unpaired) electrons. The summed E-state index contributed by atoms with van der Waals surface area (Å²) in [6.07, 6.45) is -1.37. The number of thiazole rings is 1. The topological polar surface area (TPSA) is 58.8 Å². The number of carbonyl (C=O) groups excluding carboxylic acids is 1. The number of rotatable bonds is 3. The van der Waals surface area contributed by atoms with Gasteiger partial charge in [-0.2, -0.15) is 18.3 Å². The number of nitrogens with zero attached hydrogens (tertiary/aromatic N) is 3. The van der Waals surface area contributed by atoms with Gasteiger partial charge in [0.2, 0.25) is 0 Å². The molecule has 5 nitrogen and oxygen atoms in total. The molecule has 0 aliphatic rings. The number of alkyl halides is 3. The van der Waals surface area contributed by atoms with Gasteiger partial charge < -0.3 is 0 Å². The van der Waals surface area contributed by atoms with Crippen LogP contribution in [0.2, 0.25) is 0 Å². The van der Waals surface area contributed by atoms with Gasteiger partial charge in [0, 0.05) is 11.6 Å². The van der Waals surface area contributed by atoms with Crippen LogP contribution in [0, 0.1) is 6.92 Å². The molecule has 124 valence electrons. The van der Waals surface area contributed by atoms with Gasteiger partial charge in [-0.3, -0.25) is 9.20 Å². The number of imidazole rings is 1. The summed E-state index contributed by atoms with van der Waals surface area (Å²) in [7, 11) is 0. The van der Waals surface area contributed by atoms with E-state index in [1.807, 2.05) is 5.38 Å². The zero-order valence-electron chi connectivity index (χ0n) is 12.3. The number of aromatic nitrogens is 2. The van der Waals surface area contributed by atoms with Crippen LogP contribution in [0.3, 0.4) is 0 Å². The molecule has 0 fully saturated rings. The van der Waals surface area contributed by atoms with E-state index >= 15 is 0 Å². The van der Waals surface area contributed by atoms with E-state index in [1.54, 1.807) is 17.5 Å². The Balaban J connectivity index is 1.71. The predicted octanol–water partition coefficient (Wildman–Crippen LogP) is 3.49. The minimum Gasteiger partial charge on any atom is -0.286 e. The summed E-state index contributed by atoms with van der Waals surface area (Å²) in [5.41, 5.74) is 3.00. The molecule has 2 heterocycles. The van der Waals surface area contributed by atoms with Gasteiger partial charge in [-0.25, -0.2) is 10.4 Å². The van der Waals surface area contributed by atoms with Gasteiger partial charge in [-0.15, -0.1) is 11.3 Å². The number of hydrogen-bond acceptors (Lipinski definition) is 4. The van der Waals surface area contributed by atoms with Gasteiger partial charge in [0.25, 0.3) is 5.91 Å². The molecule has 0 unspecified atom stereocenters. The number of hydrogen-bond donors (Lipinski definition) is 1. The summed E-state index contributed by atoms with van der Waals surface area (Å²) in [5, 5.41) is 5.59. The first-order valence-electron chi connectivity index (χ1n) is 6.79. The Morgan fingerprint density at radius 2 is 2.04 bits per heavy atom. The lowest BCUT2D eigenvalue weighted by Gasteiger charge is -2.05. The Morgan fingerprint density at radius 1 is 1.33 bits per heavy atom. The van der Waals surface area contributed by atoms with Crippen molar-refractivity contribution in [2.75, 3.05) is 0 Å². The number of halogens is 3. The quantitative estimate of drug-likeness (QED) is 0.579. The van der Waals surface area contributed by atoms with E-state index in [1.165, 1.54) is 29.7 Å². The third-order valence-corrected chi connectivity index (χ3v) is 4.03. The highest BCUT2D eigenvalue weighted by molar-refractivity contribution is 7.15. The molecule has 1 aromatic carbocycles. The van der Waals surface area contributed by atoms with Gasteiger partial charge >= 0.3 is 6.18 Å². The van der Waals surface area contributed by atoms with Crippen LogP contribution in [-0.4, -0.2) is 21.5 Å². The van der Waals surface area contributed by atoms with Crippen molar-refractivity contribution in [3.8, 4) is 0 Å². The lowest BCUT2D eigenvalue weighted by Crippen LogP contribution is -2.20. The molecular weight excluding hydrogens is 341 g/mol. The molecule has 0 aliphatic carbocycles. The molecule has 0 bridgehead atoms. The second-order valence-corrected chi connectivity index (χ2v) is 5.79. The van der Waals surface area contributed by atoms with Crippen LogP contribution in [0.4, 0.5) is 13.2 Å². The van der Waals surface area contributed by atoms with E-state index in [4.69, 9.17) is 0 Å². The number of carbonyl (C=O) groups is 1. The van der Waals surface area contributed by atoms with Gasteiger partial charge in [-0.05, 0) is 24.6 Å². The van der Waals surface area contributed by atoms with Crippen LogP contribution in [0.25, 0.3) is 4.96 Å². The molecule has 0 spiro atoms. The molecule has 2 aromatic heterocycles. The largest absolute Gasteiger partial charge is 0.416 e. The molecular formula is C15H11F3N4OS. The lowest BCUT2D eigenvalue weighted by atomic mass is 10.1. The molecule has 1 N–H and O–H groups in total. The maximum atomic E-state index is 12.5. The van der Waals surface area contributed by atoms with Gasteiger partial charge in [-0.1, -0.05) is 12.1 Å². The van der Waals surface area contributed by atoms with Crippen molar-refractivity contribution in [1.29, 1.82) is 0 Å². The van der Waals surface area contributed by atoms with Crippen LogP contribution in [-0.2, 0) is 6.18 Å². The van der Waals surface area contributed by atoms with Gasteiger partial charge in [0.05, 0.1) is 17.5 Å². The third kappa shape index (κ3) is 3.16. The highest BCUT2D eigenvalue weighted by Gasteiger charge is 2.29. The molecule has 0 saturated heterocycles. The van der Waals surface area contributed by atoms with Crippen molar-refractivity contribution in [2.24, 2.45) is 5.10 Å². The minimum atomic E-state index is -4.38. The molecule has 9 heteroatoms. The normalized spacial score (nSPS) is 12.2. The monoisotopic (exact) mass is 352 g/mol. The summed E-state index contributed by atoms with van der Waals surface area (Å²) in [6, 6.07) is 4.47. The van der Waals surface area contributed by atoms with Crippen molar-refractivity contribution < 1.29 is 18.0 Å².